The Bertz CT molecular complexity index is 731. The van der Waals surface area contributed by atoms with Gasteiger partial charge in [0.15, 0.2) is 5.96 Å². The van der Waals surface area contributed by atoms with Gasteiger partial charge in [-0.15, -0.1) is 24.0 Å². The van der Waals surface area contributed by atoms with E-state index < -0.39 is 17.8 Å². The molecule has 2 N–H and O–H groups in total. The van der Waals surface area contributed by atoms with Gasteiger partial charge < -0.3 is 20.3 Å². The SMILES string of the molecule is CCNC(=NCCC(=O)NC(C)CC)N1CCOC(c2cccc(C(F)(F)F)c2)C1.I. The van der Waals surface area contributed by atoms with Crippen LogP contribution in [-0.4, -0.2) is 55.6 Å². The predicted molar refractivity (Wildman–Crippen MR) is 126 cm³/mol. The zero-order chi connectivity index (χ0) is 22.1. The van der Waals surface area contributed by atoms with Crippen molar-refractivity contribution < 1.29 is 22.7 Å². The lowest BCUT2D eigenvalue weighted by molar-refractivity contribution is -0.137. The van der Waals surface area contributed by atoms with E-state index in [9.17, 15) is 18.0 Å². The van der Waals surface area contributed by atoms with Gasteiger partial charge in [-0.25, -0.2) is 0 Å². The molecule has 1 aliphatic rings. The standard InChI is InChI=1S/C21H31F3N4O2.HI/c1-4-15(3)27-19(29)9-10-26-20(25-5-2)28-11-12-30-18(14-28)16-7-6-8-17(13-16)21(22,23)24;/h6-8,13,15,18H,4-5,9-12,14H2,1-3H3,(H,25,26)(H,27,29);1H. The summed E-state index contributed by atoms with van der Waals surface area (Å²) in [4.78, 5) is 18.4. The number of amides is 1. The molecule has 0 saturated carbocycles. The molecule has 176 valence electrons. The van der Waals surface area contributed by atoms with Gasteiger partial charge in [0.2, 0.25) is 5.91 Å². The third-order valence-electron chi connectivity index (χ3n) is 4.91. The van der Waals surface area contributed by atoms with Crippen molar-refractivity contribution in [2.24, 2.45) is 4.99 Å². The Morgan fingerprint density at radius 3 is 2.74 bits per heavy atom. The summed E-state index contributed by atoms with van der Waals surface area (Å²) < 4.78 is 44.8. The van der Waals surface area contributed by atoms with Gasteiger partial charge in [-0.1, -0.05) is 19.1 Å². The van der Waals surface area contributed by atoms with Gasteiger partial charge in [0.05, 0.1) is 25.3 Å². The van der Waals surface area contributed by atoms with E-state index in [-0.39, 0.29) is 42.3 Å². The highest BCUT2D eigenvalue weighted by Crippen LogP contribution is 2.32. The third kappa shape index (κ3) is 8.83. The summed E-state index contributed by atoms with van der Waals surface area (Å²) in [5, 5.41) is 6.10. The number of halogens is 4. The molecule has 0 bridgehead atoms. The van der Waals surface area contributed by atoms with Crippen LogP contribution < -0.4 is 10.6 Å². The summed E-state index contributed by atoms with van der Waals surface area (Å²) in [6.07, 6.45) is -3.74. The van der Waals surface area contributed by atoms with Gasteiger partial charge in [0.1, 0.15) is 6.10 Å². The molecule has 10 heteroatoms. The highest BCUT2D eigenvalue weighted by atomic mass is 127. The number of benzene rings is 1. The molecule has 0 aromatic heterocycles. The summed E-state index contributed by atoms with van der Waals surface area (Å²) in [5.41, 5.74) is -0.202. The van der Waals surface area contributed by atoms with Crippen molar-refractivity contribution in [3.63, 3.8) is 0 Å². The number of alkyl halides is 3. The van der Waals surface area contributed by atoms with Crippen molar-refractivity contribution in [2.75, 3.05) is 32.8 Å². The van der Waals surface area contributed by atoms with Gasteiger partial charge in [0, 0.05) is 25.6 Å². The number of carbonyl (C=O) groups excluding carboxylic acids is 1. The first-order valence-electron chi connectivity index (χ1n) is 10.4. The maximum absolute atomic E-state index is 13.0. The summed E-state index contributed by atoms with van der Waals surface area (Å²) in [6.45, 7) is 8.19. The first-order valence-corrected chi connectivity index (χ1v) is 10.4. The zero-order valence-electron chi connectivity index (χ0n) is 18.2. The normalized spacial score (nSPS) is 18.2. The summed E-state index contributed by atoms with van der Waals surface area (Å²) in [5.74, 6) is 0.585. The van der Waals surface area contributed by atoms with E-state index in [4.69, 9.17) is 4.74 Å². The van der Waals surface area contributed by atoms with Crippen molar-refractivity contribution in [1.82, 2.24) is 15.5 Å². The molecule has 1 aliphatic heterocycles. The maximum Gasteiger partial charge on any atom is 0.416 e. The number of carbonyl (C=O) groups is 1. The number of ether oxygens (including phenoxy) is 1. The molecular weight excluding hydrogens is 524 g/mol. The second kappa shape index (κ2) is 13.1. The van der Waals surface area contributed by atoms with Crippen LogP contribution in [0.2, 0.25) is 0 Å². The van der Waals surface area contributed by atoms with Crippen LogP contribution in [0.1, 0.15) is 50.8 Å². The number of guanidine groups is 1. The molecule has 0 aliphatic carbocycles. The average Bonchev–Trinajstić information content (AvgIpc) is 2.72. The van der Waals surface area contributed by atoms with Crippen LogP contribution in [0.15, 0.2) is 29.3 Å². The highest BCUT2D eigenvalue weighted by Gasteiger charge is 2.32. The van der Waals surface area contributed by atoms with Crippen molar-refractivity contribution in [3.8, 4) is 0 Å². The molecule has 6 nitrogen and oxygen atoms in total. The van der Waals surface area contributed by atoms with Gasteiger partial charge in [-0.2, -0.15) is 13.2 Å². The molecular formula is C21H32F3IN4O2. The molecule has 1 fully saturated rings. The molecule has 2 unspecified atom stereocenters. The fourth-order valence-corrected chi connectivity index (χ4v) is 3.10. The number of rotatable bonds is 7. The lowest BCUT2D eigenvalue weighted by atomic mass is 10.0. The number of hydrogen-bond acceptors (Lipinski definition) is 3. The van der Waals surface area contributed by atoms with Crippen molar-refractivity contribution >= 4 is 35.8 Å². The lowest BCUT2D eigenvalue weighted by Crippen LogP contribution is -2.48. The van der Waals surface area contributed by atoms with Crippen LogP contribution in [0.3, 0.4) is 0 Å². The number of nitrogens with one attached hydrogen (secondary N) is 2. The second-order valence-electron chi connectivity index (χ2n) is 7.29. The Kier molecular flexibility index (Phi) is 11.6. The van der Waals surface area contributed by atoms with Crippen LogP contribution in [0.4, 0.5) is 13.2 Å². The minimum atomic E-state index is -4.39. The predicted octanol–water partition coefficient (Wildman–Crippen LogP) is 3.97. The molecule has 31 heavy (non-hydrogen) atoms. The zero-order valence-corrected chi connectivity index (χ0v) is 20.5. The average molecular weight is 556 g/mol. The highest BCUT2D eigenvalue weighted by molar-refractivity contribution is 14.0. The number of morpholine rings is 1. The molecule has 1 aromatic rings. The largest absolute Gasteiger partial charge is 0.416 e. The quantitative estimate of drug-likeness (QED) is 0.303. The molecule has 2 rings (SSSR count). The third-order valence-corrected chi connectivity index (χ3v) is 4.91. The van der Waals surface area contributed by atoms with E-state index in [0.29, 0.717) is 44.3 Å². The molecule has 1 aromatic carbocycles. The molecule has 2 atom stereocenters. The van der Waals surface area contributed by atoms with Crippen molar-refractivity contribution in [3.05, 3.63) is 35.4 Å². The van der Waals surface area contributed by atoms with Crippen LogP contribution in [0.25, 0.3) is 0 Å². The van der Waals surface area contributed by atoms with Gasteiger partial charge in [0.25, 0.3) is 0 Å². The van der Waals surface area contributed by atoms with Crippen LogP contribution in [-0.2, 0) is 15.7 Å². The van der Waals surface area contributed by atoms with E-state index in [1.165, 1.54) is 6.07 Å². The van der Waals surface area contributed by atoms with E-state index in [1.54, 1.807) is 6.07 Å². The molecule has 1 amide bonds. The van der Waals surface area contributed by atoms with E-state index >= 15 is 0 Å². The maximum atomic E-state index is 13.0. The van der Waals surface area contributed by atoms with E-state index in [2.05, 4.69) is 15.6 Å². The first-order chi connectivity index (χ1) is 14.2. The van der Waals surface area contributed by atoms with E-state index in [0.717, 1.165) is 18.6 Å². The lowest BCUT2D eigenvalue weighted by Gasteiger charge is -2.35. The summed E-state index contributed by atoms with van der Waals surface area (Å²) in [7, 11) is 0. The second-order valence-corrected chi connectivity index (χ2v) is 7.29. The van der Waals surface area contributed by atoms with Crippen molar-refractivity contribution in [1.29, 1.82) is 0 Å². The molecule has 1 saturated heterocycles. The Morgan fingerprint density at radius 1 is 1.35 bits per heavy atom. The van der Waals surface area contributed by atoms with Crippen LogP contribution in [0.5, 0.6) is 0 Å². The fraction of sp³-hybridized carbons (Fsp3) is 0.619. The molecule has 0 spiro atoms. The smallest absolute Gasteiger partial charge is 0.370 e. The fourth-order valence-electron chi connectivity index (χ4n) is 3.10. The van der Waals surface area contributed by atoms with Gasteiger partial charge in [-0.05, 0) is 38.0 Å². The molecule has 0 radical (unpaired) electrons. The molecule has 1 heterocycles. The van der Waals surface area contributed by atoms with E-state index in [1.807, 2.05) is 25.7 Å². The first kappa shape index (κ1) is 27.5. The summed E-state index contributed by atoms with van der Waals surface area (Å²) >= 11 is 0. The number of nitrogens with zero attached hydrogens (tertiary/aromatic N) is 2. The van der Waals surface area contributed by atoms with Gasteiger partial charge in [-0.3, -0.25) is 9.79 Å². The Morgan fingerprint density at radius 2 is 2.10 bits per heavy atom. The van der Waals surface area contributed by atoms with Crippen LogP contribution in [0, 0.1) is 0 Å². The monoisotopic (exact) mass is 556 g/mol. The number of hydrogen-bond donors (Lipinski definition) is 2. The Hall–Kier alpha value is -1.56. The van der Waals surface area contributed by atoms with Gasteiger partial charge >= 0.3 is 6.18 Å². The van der Waals surface area contributed by atoms with Crippen molar-refractivity contribution in [2.45, 2.75) is 51.9 Å². The number of aliphatic imine (C=N–C) groups is 1. The topological polar surface area (TPSA) is 66.0 Å². The minimum Gasteiger partial charge on any atom is -0.370 e. The van der Waals surface area contributed by atoms with Crippen LogP contribution >= 0.6 is 24.0 Å². The minimum absolute atomic E-state index is 0. The summed E-state index contributed by atoms with van der Waals surface area (Å²) in [6, 6.07) is 5.36. The Balaban J connectivity index is 0.00000480. The Labute approximate surface area is 199 Å².